The van der Waals surface area contributed by atoms with Crippen LogP contribution in [0.15, 0.2) is 48.5 Å². The third-order valence-corrected chi connectivity index (χ3v) is 6.78. The van der Waals surface area contributed by atoms with Crippen molar-refractivity contribution in [1.29, 1.82) is 0 Å². The quantitative estimate of drug-likeness (QED) is 0.511. The summed E-state index contributed by atoms with van der Waals surface area (Å²) >= 11 is 0. The number of amides is 2. The molecule has 0 bridgehead atoms. The molecule has 2 saturated heterocycles. The SMILES string of the molecule is CCOC(=O)c1ccc(N2CC(C(=O)N3CCN(c4nc5ccccc5nc4C)CC3)CC2=O)cc1. The molecule has 186 valence electrons. The van der Waals surface area contributed by atoms with Crippen molar-refractivity contribution in [1.82, 2.24) is 14.9 Å². The van der Waals surface area contributed by atoms with Gasteiger partial charge in [-0.1, -0.05) is 12.1 Å². The molecule has 2 aliphatic rings. The molecule has 2 fully saturated rings. The number of aromatic nitrogens is 2. The average Bonchev–Trinajstić information content (AvgIpc) is 3.29. The Balaban J connectivity index is 1.20. The molecule has 0 radical (unpaired) electrons. The van der Waals surface area contributed by atoms with Crippen LogP contribution in [0.1, 0.15) is 29.4 Å². The van der Waals surface area contributed by atoms with E-state index in [1.807, 2.05) is 36.1 Å². The van der Waals surface area contributed by atoms with Gasteiger partial charge >= 0.3 is 5.97 Å². The van der Waals surface area contributed by atoms with Crippen LogP contribution in [0.4, 0.5) is 11.5 Å². The fourth-order valence-corrected chi connectivity index (χ4v) is 4.89. The number of carbonyl (C=O) groups is 3. The second-order valence-corrected chi connectivity index (χ2v) is 9.11. The summed E-state index contributed by atoms with van der Waals surface area (Å²) < 4.78 is 5.01. The van der Waals surface area contributed by atoms with Crippen LogP contribution >= 0.6 is 0 Å². The van der Waals surface area contributed by atoms with E-state index in [-0.39, 0.29) is 24.2 Å². The zero-order valence-corrected chi connectivity index (χ0v) is 20.5. The molecule has 3 heterocycles. The summed E-state index contributed by atoms with van der Waals surface area (Å²) in [5, 5.41) is 0. The summed E-state index contributed by atoms with van der Waals surface area (Å²) in [6, 6.07) is 14.6. The van der Waals surface area contributed by atoms with Crippen molar-refractivity contribution in [3.8, 4) is 0 Å². The molecule has 2 aliphatic heterocycles. The summed E-state index contributed by atoms with van der Waals surface area (Å²) in [5.41, 5.74) is 3.72. The van der Waals surface area contributed by atoms with Crippen LogP contribution < -0.4 is 9.80 Å². The number of aryl methyl sites for hydroxylation is 1. The zero-order valence-electron chi connectivity index (χ0n) is 20.5. The topological polar surface area (TPSA) is 95.9 Å². The van der Waals surface area contributed by atoms with Gasteiger partial charge in [-0.3, -0.25) is 9.59 Å². The van der Waals surface area contributed by atoms with Gasteiger partial charge < -0.3 is 19.4 Å². The highest BCUT2D eigenvalue weighted by atomic mass is 16.5. The second-order valence-electron chi connectivity index (χ2n) is 9.11. The molecule has 9 heteroatoms. The standard InChI is InChI=1S/C27H29N5O4/c1-3-36-27(35)19-8-10-21(11-9-19)32-17-20(16-24(32)33)26(34)31-14-12-30(13-15-31)25-18(2)28-22-6-4-5-7-23(22)29-25/h4-11,20H,3,12-17H2,1-2H3. The van der Waals surface area contributed by atoms with E-state index in [9.17, 15) is 14.4 Å². The molecule has 5 rings (SSSR count). The van der Waals surface area contributed by atoms with Crippen LogP contribution in [-0.4, -0.2) is 72.0 Å². The van der Waals surface area contributed by atoms with Crippen LogP contribution in [0.25, 0.3) is 11.0 Å². The molecule has 1 aromatic heterocycles. The van der Waals surface area contributed by atoms with E-state index >= 15 is 0 Å². The Labute approximate surface area is 209 Å². The summed E-state index contributed by atoms with van der Waals surface area (Å²) in [4.78, 5) is 53.0. The molecule has 9 nitrogen and oxygen atoms in total. The number of ether oxygens (including phenoxy) is 1. The van der Waals surface area contributed by atoms with Gasteiger partial charge in [-0.25, -0.2) is 14.8 Å². The lowest BCUT2D eigenvalue weighted by Gasteiger charge is -2.36. The molecule has 0 saturated carbocycles. The Morgan fingerprint density at radius 2 is 1.64 bits per heavy atom. The number of rotatable bonds is 5. The van der Waals surface area contributed by atoms with Crippen molar-refractivity contribution >= 4 is 40.3 Å². The van der Waals surface area contributed by atoms with Gasteiger partial charge in [0.25, 0.3) is 0 Å². The lowest BCUT2D eigenvalue weighted by atomic mass is 10.1. The monoisotopic (exact) mass is 487 g/mol. The number of carbonyl (C=O) groups excluding carboxylic acids is 3. The number of hydrogen-bond acceptors (Lipinski definition) is 7. The average molecular weight is 488 g/mol. The molecule has 36 heavy (non-hydrogen) atoms. The molecule has 0 aliphatic carbocycles. The molecule has 1 unspecified atom stereocenters. The maximum atomic E-state index is 13.3. The Hall–Kier alpha value is -4.01. The molecule has 3 aromatic rings. The highest BCUT2D eigenvalue weighted by Gasteiger charge is 2.38. The first-order chi connectivity index (χ1) is 17.4. The maximum absolute atomic E-state index is 13.3. The van der Waals surface area contributed by atoms with Crippen LogP contribution in [0.5, 0.6) is 0 Å². The van der Waals surface area contributed by atoms with E-state index in [0.717, 1.165) is 22.5 Å². The molecule has 2 amide bonds. The van der Waals surface area contributed by atoms with Gasteiger partial charge in [0.15, 0.2) is 5.82 Å². The van der Waals surface area contributed by atoms with Crippen LogP contribution in [-0.2, 0) is 14.3 Å². The van der Waals surface area contributed by atoms with Crippen molar-refractivity contribution in [2.45, 2.75) is 20.3 Å². The first-order valence-corrected chi connectivity index (χ1v) is 12.3. The first-order valence-electron chi connectivity index (χ1n) is 12.3. The van der Waals surface area contributed by atoms with Crippen molar-refractivity contribution in [2.75, 3.05) is 49.1 Å². The Kier molecular flexibility index (Phi) is 6.54. The highest BCUT2D eigenvalue weighted by molar-refractivity contribution is 6.00. The highest BCUT2D eigenvalue weighted by Crippen LogP contribution is 2.28. The minimum Gasteiger partial charge on any atom is -0.462 e. The lowest BCUT2D eigenvalue weighted by Crippen LogP contribution is -2.51. The summed E-state index contributed by atoms with van der Waals surface area (Å²) in [5.74, 6) is 0.00650. The van der Waals surface area contributed by atoms with E-state index in [0.29, 0.717) is 50.6 Å². The van der Waals surface area contributed by atoms with Gasteiger partial charge in [-0.15, -0.1) is 0 Å². The largest absolute Gasteiger partial charge is 0.462 e. The normalized spacial score (nSPS) is 18.1. The molecular weight excluding hydrogens is 458 g/mol. The van der Waals surface area contributed by atoms with E-state index < -0.39 is 5.97 Å². The molecular formula is C27H29N5O4. The Morgan fingerprint density at radius 1 is 0.972 bits per heavy atom. The van der Waals surface area contributed by atoms with Gasteiger partial charge in [0.2, 0.25) is 11.8 Å². The summed E-state index contributed by atoms with van der Waals surface area (Å²) in [7, 11) is 0. The van der Waals surface area contributed by atoms with E-state index in [1.165, 1.54) is 0 Å². The number of piperazine rings is 1. The van der Waals surface area contributed by atoms with Crippen molar-refractivity contribution in [2.24, 2.45) is 5.92 Å². The molecule has 0 N–H and O–H groups in total. The van der Waals surface area contributed by atoms with Gasteiger partial charge in [-0.2, -0.15) is 0 Å². The maximum Gasteiger partial charge on any atom is 0.338 e. The third-order valence-electron chi connectivity index (χ3n) is 6.78. The first kappa shape index (κ1) is 23.7. The fourth-order valence-electron chi connectivity index (χ4n) is 4.89. The predicted molar refractivity (Wildman–Crippen MR) is 136 cm³/mol. The van der Waals surface area contributed by atoms with Gasteiger partial charge in [0.1, 0.15) is 0 Å². The number of anilines is 2. The smallest absolute Gasteiger partial charge is 0.338 e. The van der Waals surface area contributed by atoms with Crippen LogP contribution in [0.2, 0.25) is 0 Å². The third kappa shape index (κ3) is 4.60. The molecule has 2 aromatic carbocycles. The number of benzene rings is 2. The predicted octanol–water partition coefficient (Wildman–Crippen LogP) is 2.82. The Bertz CT molecular complexity index is 1300. The number of nitrogens with zero attached hydrogens (tertiary/aromatic N) is 5. The van der Waals surface area contributed by atoms with Crippen LogP contribution in [0.3, 0.4) is 0 Å². The van der Waals surface area contributed by atoms with Crippen molar-refractivity contribution in [3.05, 3.63) is 59.8 Å². The van der Waals surface area contributed by atoms with E-state index in [1.54, 1.807) is 36.1 Å². The van der Waals surface area contributed by atoms with Crippen molar-refractivity contribution < 1.29 is 19.1 Å². The molecule has 0 spiro atoms. The minimum absolute atomic E-state index is 0.00922. The summed E-state index contributed by atoms with van der Waals surface area (Å²) in [6.07, 6.45) is 0.188. The zero-order chi connectivity index (χ0) is 25.2. The van der Waals surface area contributed by atoms with Crippen molar-refractivity contribution in [3.63, 3.8) is 0 Å². The second kappa shape index (κ2) is 9.93. The van der Waals surface area contributed by atoms with E-state index in [2.05, 4.69) is 9.88 Å². The number of fused-ring (bicyclic) bond motifs is 1. The van der Waals surface area contributed by atoms with Gasteiger partial charge in [-0.05, 0) is 50.2 Å². The molecule has 1 atom stereocenters. The van der Waals surface area contributed by atoms with Crippen LogP contribution in [0, 0.1) is 12.8 Å². The number of para-hydroxylation sites is 2. The number of hydrogen-bond donors (Lipinski definition) is 0. The Morgan fingerprint density at radius 3 is 2.31 bits per heavy atom. The minimum atomic E-state index is -0.395. The van der Waals surface area contributed by atoms with Gasteiger partial charge in [0, 0.05) is 44.8 Å². The summed E-state index contributed by atoms with van der Waals surface area (Å²) in [6.45, 7) is 6.84. The van der Waals surface area contributed by atoms with Gasteiger partial charge in [0.05, 0.1) is 34.8 Å². The fraction of sp³-hybridized carbons (Fsp3) is 0.370. The number of esters is 1. The lowest BCUT2D eigenvalue weighted by molar-refractivity contribution is -0.136. The van der Waals surface area contributed by atoms with E-state index in [4.69, 9.17) is 9.72 Å².